The lowest BCUT2D eigenvalue weighted by Gasteiger charge is -2.20. The Labute approximate surface area is 178 Å². The van der Waals surface area contributed by atoms with Gasteiger partial charge in [-0.25, -0.2) is 14.6 Å². The van der Waals surface area contributed by atoms with E-state index in [0.717, 1.165) is 35.8 Å². The molecule has 4 rings (SSSR count). The van der Waals surface area contributed by atoms with Crippen LogP contribution in [0.3, 0.4) is 0 Å². The van der Waals surface area contributed by atoms with Crippen LogP contribution in [0.2, 0.25) is 0 Å². The number of carbonyl (C=O) groups excluding carboxylic acids is 1. The number of rotatable bonds is 7. The van der Waals surface area contributed by atoms with Gasteiger partial charge in [-0.05, 0) is 49.7 Å². The summed E-state index contributed by atoms with van der Waals surface area (Å²) in [5.74, 6) is -0.322. The van der Waals surface area contributed by atoms with Crippen molar-refractivity contribution in [2.24, 2.45) is 0 Å². The summed E-state index contributed by atoms with van der Waals surface area (Å²) in [5.41, 5.74) is 3.07. The van der Waals surface area contributed by atoms with E-state index in [0.29, 0.717) is 16.7 Å². The van der Waals surface area contributed by atoms with Crippen LogP contribution >= 0.6 is 0 Å². The van der Waals surface area contributed by atoms with E-state index in [-0.39, 0.29) is 18.1 Å². The van der Waals surface area contributed by atoms with Crippen molar-refractivity contribution in [3.05, 3.63) is 71.1 Å². The molecule has 7 heteroatoms. The molecule has 2 heterocycles. The molecule has 7 nitrogen and oxygen atoms in total. The standard InChI is InChI=1S/C24H22N2O5/c1-4-22(27)29-14-15-7-10-20-19(11-15)25-23(30-20)18-12-16-8-9-17(26(5-2)6-3)13-21(16)31-24(18)28/h4,7-13H,1,5-6,14H2,2-3H3. The second-order valence-corrected chi connectivity index (χ2v) is 6.97. The van der Waals surface area contributed by atoms with Crippen molar-refractivity contribution in [3.8, 4) is 11.5 Å². The number of fused-ring (bicyclic) bond motifs is 2. The average Bonchev–Trinajstić information content (AvgIpc) is 3.20. The molecule has 0 fully saturated rings. The lowest BCUT2D eigenvalue weighted by molar-refractivity contribution is -0.138. The molecule has 0 aliphatic heterocycles. The van der Waals surface area contributed by atoms with E-state index in [1.54, 1.807) is 24.3 Å². The number of oxazole rings is 1. The first-order chi connectivity index (χ1) is 15.0. The van der Waals surface area contributed by atoms with Crippen LogP contribution in [-0.4, -0.2) is 24.0 Å². The molecule has 0 aliphatic rings. The summed E-state index contributed by atoms with van der Waals surface area (Å²) >= 11 is 0. The highest BCUT2D eigenvalue weighted by Gasteiger charge is 2.16. The second kappa shape index (κ2) is 8.47. The number of carbonyl (C=O) groups is 1. The molecule has 0 unspecified atom stereocenters. The summed E-state index contributed by atoms with van der Waals surface area (Å²) < 4.78 is 16.4. The topological polar surface area (TPSA) is 85.8 Å². The van der Waals surface area contributed by atoms with Gasteiger partial charge in [0.15, 0.2) is 5.58 Å². The van der Waals surface area contributed by atoms with Gasteiger partial charge in [-0.3, -0.25) is 0 Å². The number of ether oxygens (including phenoxy) is 1. The zero-order valence-electron chi connectivity index (χ0n) is 17.4. The van der Waals surface area contributed by atoms with E-state index in [4.69, 9.17) is 13.6 Å². The number of hydrogen-bond acceptors (Lipinski definition) is 7. The normalized spacial score (nSPS) is 11.0. The van der Waals surface area contributed by atoms with Crippen molar-refractivity contribution in [2.45, 2.75) is 20.5 Å². The number of nitrogens with zero attached hydrogens (tertiary/aromatic N) is 2. The smallest absolute Gasteiger partial charge is 0.349 e. The first kappa shape index (κ1) is 20.4. The second-order valence-electron chi connectivity index (χ2n) is 6.97. The fourth-order valence-electron chi connectivity index (χ4n) is 3.43. The molecule has 0 radical (unpaired) electrons. The van der Waals surface area contributed by atoms with E-state index in [1.165, 1.54) is 0 Å². The Balaban J connectivity index is 1.69. The predicted molar refractivity (Wildman–Crippen MR) is 119 cm³/mol. The van der Waals surface area contributed by atoms with E-state index in [1.807, 2.05) is 18.2 Å². The van der Waals surface area contributed by atoms with Crippen LogP contribution in [0.15, 0.2) is 68.7 Å². The van der Waals surface area contributed by atoms with Crippen LogP contribution in [0, 0.1) is 0 Å². The first-order valence-electron chi connectivity index (χ1n) is 10.0. The molecular formula is C24H22N2O5. The number of aromatic nitrogens is 1. The minimum Gasteiger partial charge on any atom is -0.458 e. The van der Waals surface area contributed by atoms with Crippen LogP contribution < -0.4 is 10.5 Å². The molecule has 0 amide bonds. The highest BCUT2D eigenvalue weighted by Crippen LogP contribution is 2.27. The molecule has 0 aliphatic carbocycles. The maximum absolute atomic E-state index is 12.7. The molecule has 158 valence electrons. The minimum absolute atomic E-state index is 0.0932. The maximum atomic E-state index is 12.7. The van der Waals surface area contributed by atoms with Crippen LogP contribution in [0.1, 0.15) is 19.4 Å². The van der Waals surface area contributed by atoms with Crippen molar-refractivity contribution in [3.63, 3.8) is 0 Å². The van der Waals surface area contributed by atoms with Crippen LogP contribution in [-0.2, 0) is 16.1 Å². The minimum atomic E-state index is -0.518. The predicted octanol–water partition coefficient (Wildman–Crippen LogP) is 4.68. The van der Waals surface area contributed by atoms with Crippen molar-refractivity contribution < 1.29 is 18.4 Å². The van der Waals surface area contributed by atoms with Gasteiger partial charge in [0.2, 0.25) is 5.89 Å². The van der Waals surface area contributed by atoms with Crippen molar-refractivity contribution >= 4 is 33.7 Å². The van der Waals surface area contributed by atoms with Gasteiger partial charge in [-0.2, -0.15) is 0 Å². The van der Waals surface area contributed by atoms with Crippen LogP contribution in [0.4, 0.5) is 5.69 Å². The van der Waals surface area contributed by atoms with Gasteiger partial charge < -0.3 is 18.5 Å². The zero-order chi connectivity index (χ0) is 22.0. The molecule has 31 heavy (non-hydrogen) atoms. The zero-order valence-corrected chi connectivity index (χ0v) is 17.4. The molecule has 4 aromatic rings. The highest BCUT2D eigenvalue weighted by molar-refractivity contribution is 5.85. The van der Waals surface area contributed by atoms with Gasteiger partial charge in [-0.1, -0.05) is 12.6 Å². The highest BCUT2D eigenvalue weighted by atomic mass is 16.5. The van der Waals surface area contributed by atoms with Crippen LogP contribution in [0.25, 0.3) is 33.5 Å². The van der Waals surface area contributed by atoms with Crippen molar-refractivity contribution in [1.82, 2.24) is 4.98 Å². The summed E-state index contributed by atoms with van der Waals surface area (Å²) in [6.45, 7) is 9.35. The largest absolute Gasteiger partial charge is 0.458 e. The first-order valence-corrected chi connectivity index (χ1v) is 10.0. The van der Waals surface area contributed by atoms with Gasteiger partial charge in [0.1, 0.15) is 23.3 Å². The quantitative estimate of drug-likeness (QED) is 0.245. The van der Waals surface area contributed by atoms with Gasteiger partial charge >= 0.3 is 11.6 Å². The Bertz CT molecular complexity index is 1330. The summed E-state index contributed by atoms with van der Waals surface area (Å²) in [5, 5.41) is 0.782. The number of anilines is 1. The lowest BCUT2D eigenvalue weighted by Crippen LogP contribution is -2.21. The van der Waals surface area contributed by atoms with Gasteiger partial charge in [0.05, 0.1) is 0 Å². The summed E-state index contributed by atoms with van der Waals surface area (Å²) in [4.78, 5) is 30.5. The number of hydrogen-bond donors (Lipinski definition) is 0. The molecule has 0 bridgehead atoms. The van der Waals surface area contributed by atoms with Gasteiger partial charge in [0, 0.05) is 36.3 Å². The van der Waals surface area contributed by atoms with E-state index in [9.17, 15) is 9.59 Å². The van der Waals surface area contributed by atoms with Crippen LogP contribution in [0.5, 0.6) is 0 Å². The third-order valence-electron chi connectivity index (χ3n) is 5.08. The molecule has 0 N–H and O–H groups in total. The van der Waals surface area contributed by atoms with Crippen molar-refractivity contribution in [2.75, 3.05) is 18.0 Å². The average molecular weight is 418 g/mol. The maximum Gasteiger partial charge on any atom is 0.349 e. The van der Waals surface area contributed by atoms with E-state index >= 15 is 0 Å². The molecule has 0 spiro atoms. The SMILES string of the molecule is C=CC(=O)OCc1ccc2oc(-c3cc4ccc(N(CC)CC)cc4oc3=O)nc2c1. The Morgan fingerprint density at radius 1 is 1.10 bits per heavy atom. The monoisotopic (exact) mass is 418 g/mol. The fourth-order valence-corrected chi connectivity index (χ4v) is 3.43. The van der Waals surface area contributed by atoms with Crippen molar-refractivity contribution in [1.29, 1.82) is 0 Å². The molecule has 0 saturated heterocycles. The molecule has 2 aromatic carbocycles. The molecule has 2 aromatic heterocycles. The summed E-state index contributed by atoms with van der Waals surface area (Å²) in [7, 11) is 0. The Morgan fingerprint density at radius 3 is 2.65 bits per heavy atom. The number of esters is 1. The third kappa shape index (κ3) is 4.07. The van der Waals surface area contributed by atoms with Gasteiger partial charge in [0.25, 0.3) is 0 Å². The molecular weight excluding hydrogens is 396 g/mol. The Hall–Kier alpha value is -3.87. The van der Waals surface area contributed by atoms with E-state index < -0.39 is 11.6 Å². The Morgan fingerprint density at radius 2 is 1.90 bits per heavy atom. The lowest BCUT2D eigenvalue weighted by atomic mass is 10.1. The number of benzene rings is 2. The summed E-state index contributed by atoms with van der Waals surface area (Å²) in [6.07, 6.45) is 1.11. The Kier molecular flexibility index (Phi) is 5.58. The van der Waals surface area contributed by atoms with E-state index in [2.05, 4.69) is 30.3 Å². The fraction of sp³-hybridized carbons (Fsp3) is 0.208. The third-order valence-corrected chi connectivity index (χ3v) is 5.08. The summed E-state index contributed by atoms with van der Waals surface area (Å²) in [6, 6.07) is 12.8. The van der Waals surface area contributed by atoms with Gasteiger partial charge in [-0.15, -0.1) is 0 Å². The molecule has 0 saturated carbocycles. The molecule has 0 atom stereocenters.